The van der Waals surface area contributed by atoms with Crippen LogP contribution in [0, 0.1) is 4.64 Å². The summed E-state index contributed by atoms with van der Waals surface area (Å²) in [5, 5.41) is 9.52. The number of hydrogen-bond donors (Lipinski definition) is 2. The van der Waals surface area contributed by atoms with E-state index in [9.17, 15) is 4.79 Å². The van der Waals surface area contributed by atoms with Crippen molar-refractivity contribution in [2.75, 3.05) is 0 Å². The summed E-state index contributed by atoms with van der Waals surface area (Å²) < 4.78 is 5.01. The van der Waals surface area contributed by atoms with Crippen LogP contribution >= 0.6 is 23.8 Å². The largest absolute Gasteiger partial charge is 0.428 e. The normalized spacial score (nSPS) is 9.26. The van der Waals surface area contributed by atoms with Gasteiger partial charge in [-0.3, -0.25) is 9.17 Å². The molecule has 0 saturated carbocycles. The van der Waals surface area contributed by atoms with Gasteiger partial charge in [0.25, 0.3) is 5.56 Å². The maximum atomic E-state index is 10.9. The van der Waals surface area contributed by atoms with Crippen LogP contribution in [0.2, 0.25) is 0 Å². The molecule has 3 aromatic rings. The van der Waals surface area contributed by atoms with Gasteiger partial charge < -0.3 is 5.21 Å². The van der Waals surface area contributed by atoms with Crippen molar-refractivity contribution in [3.63, 3.8) is 0 Å². The van der Waals surface area contributed by atoms with Crippen LogP contribution in [0.4, 0.5) is 0 Å². The zero-order valence-corrected chi connectivity index (χ0v) is 14.5. The molecule has 0 bridgehead atoms. The van der Waals surface area contributed by atoms with Crippen molar-refractivity contribution in [2.24, 2.45) is 0 Å². The molecule has 2 heterocycles. The molecule has 3 rings (SSSR count). The van der Waals surface area contributed by atoms with Crippen molar-refractivity contribution in [1.82, 2.24) is 9.10 Å². The quantitative estimate of drug-likeness (QED) is 0.375. The number of nitrogens with one attached hydrogen (secondary N) is 1. The molecular weight excluding hydrogens is 334 g/mol. The molecule has 0 spiro atoms. The van der Waals surface area contributed by atoms with E-state index in [0.717, 1.165) is 14.8 Å². The molecule has 2 N–H and O–H groups in total. The smallest absolute Gasteiger partial charge is 0.265 e. The summed E-state index contributed by atoms with van der Waals surface area (Å²) >= 11 is 6.04. The van der Waals surface area contributed by atoms with Crippen molar-refractivity contribution in [3.05, 3.63) is 63.7 Å². The Morgan fingerprint density at radius 3 is 2.42 bits per heavy atom. The first-order chi connectivity index (χ1) is 8.68. The third kappa shape index (κ3) is 4.09. The van der Waals surface area contributed by atoms with E-state index < -0.39 is 0 Å². The van der Waals surface area contributed by atoms with Crippen molar-refractivity contribution < 1.29 is 24.7 Å². The summed E-state index contributed by atoms with van der Waals surface area (Å²) in [5.74, 6) is 0. The Balaban J connectivity index is 0.000000185. The first-order valence-corrected chi connectivity index (χ1v) is 6.34. The minimum atomic E-state index is 0. The fourth-order valence-electron chi connectivity index (χ4n) is 1.32. The monoisotopic (exact) mass is 342 g/mol. The Labute approximate surface area is 131 Å². The van der Waals surface area contributed by atoms with Crippen LogP contribution in [-0.4, -0.2) is 14.3 Å². The molecule has 2 aromatic heterocycles. The van der Waals surface area contributed by atoms with Gasteiger partial charge in [0.15, 0.2) is 0 Å². The van der Waals surface area contributed by atoms with Crippen molar-refractivity contribution >= 4 is 33.8 Å². The summed E-state index contributed by atoms with van der Waals surface area (Å²) in [4.78, 5) is 10.9. The zero-order valence-electron chi connectivity index (χ0n) is 9.95. The van der Waals surface area contributed by atoms with Crippen LogP contribution in [-0.2, 0) is 19.5 Å². The van der Waals surface area contributed by atoms with E-state index in [1.807, 2.05) is 24.3 Å². The van der Waals surface area contributed by atoms with E-state index in [2.05, 4.69) is 16.6 Å². The Morgan fingerprint density at radius 2 is 1.84 bits per heavy atom. The van der Waals surface area contributed by atoms with E-state index in [-0.39, 0.29) is 25.0 Å². The Kier molecular flexibility index (Phi) is 6.08. The molecule has 0 amide bonds. The number of pyridine rings is 1. The van der Waals surface area contributed by atoms with Gasteiger partial charge in [-0.05, 0) is 24.3 Å². The molecule has 0 aliphatic carbocycles. The molecule has 0 radical (unpaired) electrons. The van der Waals surface area contributed by atoms with Gasteiger partial charge in [-0.2, -0.15) is 4.73 Å². The topological polar surface area (TPSA) is 58.0 Å². The minimum Gasteiger partial charge on any atom is -0.428 e. The zero-order chi connectivity index (χ0) is 13.0. The predicted molar refractivity (Wildman–Crippen MR) is 74.9 cm³/mol. The molecule has 0 unspecified atom stereocenters. The number of nitrogens with zero attached hydrogens (tertiary/aromatic N) is 1. The SMILES string of the molecule is O=c1[nH]sc2ccccc12.On1ccccc1=S.[Zn]. The number of aromatic amines is 1. The molecule has 94 valence electrons. The van der Waals surface area contributed by atoms with Crippen LogP contribution in [0.3, 0.4) is 0 Å². The summed E-state index contributed by atoms with van der Waals surface area (Å²) in [5.41, 5.74) is 0.0144. The second-order valence-corrected chi connectivity index (χ2v) is 4.68. The number of hydrogen-bond acceptors (Lipinski definition) is 4. The molecule has 0 saturated heterocycles. The second-order valence-electron chi connectivity index (χ2n) is 3.41. The van der Waals surface area contributed by atoms with Gasteiger partial charge in [-0.15, -0.1) is 0 Å². The summed E-state index contributed by atoms with van der Waals surface area (Å²) in [6, 6.07) is 12.7. The van der Waals surface area contributed by atoms with Crippen molar-refractivity contribution in [1.29, 1.82) is 0 Å². The minimum absolute atomic E-state index is 0. The average molecular weight is 344 g/mol. The van der Waals surface area contributed by atoms with Crippen LogP contribution in [0.25, 0.3) is 10.1 Å². The third-order valence-corrected chi connectivity index (χ3v) is 3.37. The number of rotatable bonds is 0. The Hall–Kier alpha value is -1.30. The van der Waals surface area contributed by atoms with Gasteiger partial charge in [0, 0.05) is 25.7 Å². The fourth-order valence-corrected chi connectivity index (χ4v) is 2.19. The van der Waals surface area contributed by atoms with Gasteiger partial charge in [0.1, 0.15) is 4.64 Å². The first-order valence-electron chi connectivity index (χ1n) is 5.11. The van der Waals surface area contributed by atoms with Gasteiger partial charge >= 0.3 is 0 Å². The third-order valence-electron chi connectivity index (χ3n) is 2.19. The predicted octanol–water partition coefficient (Wildman–Crippen LogP) is 3.04. The second kappa shape index (κ2) is 7.33. The van der Waals surface area contributed by atoms with E-state index >= 15 is 0 Å². The molecule has 0 aliphatic heterocycles. The van der Waals surface area contributed by atoms with E-state index in [4.69, 9.17) is 5.21 Å². The molecule has 7 heteroatoms. The van der Waals surface area contributed by atoms with Gasteiger partial charge in [-0.25, -0.2) is 0 Å². The number of aromatic nitrogens is 2. The molecule has 1 aromatic carbocycles. The summed E-state index contributed by atoms with van der Waals surface area (Å²) in [6.07, 6.45) is 1.49. The van der Waals surface area contributed by atoms with Crippen LogP contribution in [0.5, 0.6) is 0 Å². The average Bonchev–Trinajstić information content (AvgIpc) is 2.77. The van der Waals surface area contributed by atoms with Crippen LogP contribution in [0.15, 0.2) is 53.5 Å². The molecule has 19 heavy (non-hydrogen) atoms. The maximum Gasteiger partial charge on any atom is 0.265 e. The van der Waals surface area contributed by atoms with Crippen molar-refractivity contribution in [3.8, 4) is 0 Å². The number of H-pyrrole nitrogens is 1. The van der Waals surface area contributed by atoms with Gasteiger partial charge in [0.2, 0.25) is 0 Å². The Morgan fingerprint density at radius 1 is 1.16 bits per heavy atom. The summed E-state index contributed by atoms with van der Waals surface area (Å²) in [6.45, 7) is 0. The first kappa shape index (κ1) is 15.8. The Bertz CT molecular complexity index is 764. The molecule has 4 nitrogen and oxygen atoms in total. The standard InChI is InChI=1S/C7H5NOS.C5H5NOS.Zn/c9-7-5-3-1-2-4-6(5)10-8-7;7-6-4-2-1-3-5(6)8;/h1-4H,(H,8,9);1-4,7H;. The fraction of sp³-hybridized carbons (Fsp3) is 0. The van der Waals surface area contributed by atoms with E-state index in [0.29, 0.717) is 4.64 Å². The number of benzene rings is 1. The van der Waals surface area contributed by atoms with E-state index in [1.165, 1.54) is 17.7 Å². The van der Waals surface area contributed by atoms with Crippen LogP contribution < -0.4 is 5.56 Å². The number of fused-ring (bicyclic) bond motifs is 1. The van der Waals surface area contributed by atoms with Crippen molar-refractivity contribution in [2.45, 2.75) is 0 Å². The molecule has 0 fully saturated rings. The van der Waals surface area contributed by atoms with E-state index in [1.54, 1.807) is 18.2 Å². The summed E-state index contributed by atoms with van der Waals surface area (Å²) in [7, 11) is 0. The van der Waals surface area contributed by atoms with Gasteiger partial charge in [-0.1, -0.05) is 41.9 Å². The van der Waals surface area contributed by atoms with Gasteiger partial charge in [0.05, 0.1) is 10.1 Å². The molecule has 0 aliphatic rings. The van der Waals surface area contributed by atoms with Crippen LogP contribution in [0.1, 0.15) is 0 Å². The maximum absolute atomic E-state index is 10.9. The molecular formula is C12H10N2O2S2Zn. The molecule has 0 atom stereocenters.